The third-order valence-corrected chi connectivity index (χ3v) is 4.52. The van der Waals surface area contributed by atoms with E-state index >= 15 is 0 Å². The number of nitrogens with one attached hydrogen (secondary N) is 1. The number of rotatable bonds is 3. The molecule has 26 heavy (non-hydrogen) atoms. The van der Waals surface area contributed by atoms with Gasteiger partial charge in [-0.2, -0.15) is 5.26 Å². The summed E-state index contributed by atoms with van der Waals surface area (Å²) in [5.41, 5.74) is 2.59. The van der Waals surface area contributed by atoms with E-state index in [1.165, 1.54) is 0 Å². The molecule has 0 unspecified atom stereocenters. The van der Waals surface area contributed by atoms with Crippen molar-refractivity contribution < 1.29 is 5.11 Å². The van der Waals surface area contributed by atoms with E-state index in [0.717, 1.165) is 43.4 Å². The Morgan fingerprint density at radius 3 is 2.62 bits per heavy atom. The molecule has 6 nitrogen and oxygen atoms in total. The van der Waals surface area contributed by atoms with Gasteiger partial charge < -0.3 is 20.2 Å². The number of piperazine rings is 1. The summed E-state index contributed by atoms with van der Waals surface area (Å²) in [7, 11) is 1.78. The second-order valence-corrected chi connectivity index (χ2v) is 6.18. The summed E-state index contributed by atoms with van der Waals surface area (Å²) in [6, 6.07) is 17.2. The third-order valence-electron chi connectivity index (χ3n) is 4.52. The normalized spacial score (nSPS) is 14.8. The molecule has 0 amide bonds. The van der Waals surface area contributed by atoms with Crippen LogP contribution in [-0.4, -0.2) is 49.2 Å². The number of phenols is 1. The Bertz CT molecular complexity index is 819. The van der Waals surface area contributed by atoms with Gasteiger partial charge in [-0.1, -0.05) is 24.3 Å². The van der Waals surface area contributed by atoms with Crippen LogP contribution in [0.3, 0.4) is 0 Å². The van der Waals surface area contributed by atoms with Gasteiger partial charge in [0.05, 0.1) is 17.3 Å². The first-order valence-corrected chi connectivity index (χ1v) is 8.69. The van der Waals surface area contributed by atoms with E-state index in [1.807, 2.05) is 36.4 Å². The van der Waals surface area contributed by atoms with E-state index in [1.54, 1.807) is 19.2 Å². The van der Waals surface area contributed by atoms with Crippen molar-refractivity contribution in [2.45, 2.75) is 6.54 Å². The van der Waals surface area contributed by atoms with Gasteiger partial charge >= 0.3 is 0 Å². The van der Waals surface area contributed by atoms with Crippen LogP contribution in [0.5, 0.6) is 5.75 Å². The molecule has 0 radical (unpaired) electrons. The smallest absolute Gasteiger partial charge is 0.194 e. The fraction of sp³-hybridized carbons (Fsp3) is 0.300. The minimum absolute atomic E-state index is 0.320. The van der Waals surface area contributed by atoms with Crippen LogP contribution in [0.4, 0.5) is 5.69 Å². The molecule has 1 aliphatic heterocycles. The van der Waals surface area contributed by atoms with Crippen molar-refractivity contribution in [3.8, 4) is 11.8 Å². The Morgan fingerprint density at radius 1 is 1.15 bits per heavy atom. The maximum atomic E-state index is 10.0. The summed E-state index contributed by atoms with van der Waals surface area (Å²) in [5, 5.41) is 22.4. The van der Waals surface area contributed by atoms with E-state index in [0.29, 0.717) is 17.9 Å². The third kappa shape index (κ3) is 4.06. The van der Waals surface area contributed by atoms with Crippen LogP contribution < -0.4 is 10.2 Å². The molecular weight excluding hydrogens is 326 g/mol. The summed E-state index contributed by atoms with van der Waals surface area (Å²) in [4.78, 5) is 8.79. The molecule has 1 fully saturated rings. The summed E-state index contributed by atoms with van der Waals surface area (Å²) in [6.07, 6.45) is 0. The maximum absolute atomic E-state index is 10.0. The van der Waals surface area contributed by atoms with Gasteiger partial charge in [0.15, 0.2) is 5.96 Å². The minimum atomic E-state index is 0.320. The van der Waals surface area contributed by atoms with Crippen molar-refractivity contribution in [1.82, 2.24) is 10.2 Å². The first kappa shape index (κ1) is 17.6. The van der Waals surface area contributed by atoms with Gasteiger partial charge in [-0.3, -0.25) is 4.99 Å². The second-order valence-electron chi connectivity index (χ2n) is 6.18. The first-order valence-electron chi connectivity index (χ1n) is 8.69. The lowest BCUT2D eigenvalue weighted by Gasteiger charge is -2.37. The lowest BCUT2D eigenvalue weighted by atomic mass is 10.1. The summed E-state index contributed by atoms with van der Waals surface area (Å²) < 4.78 is 0. The standard InChI is InChI=1S/C20H23N5O/c1-22-20(23-15-17-6-4-5-16(13-17)14-21)25-11-9-24(10-12-25)18-7-2-3-8-19(18)26/h2-8,13,26H,9-12,15H2,1H3,(H,22,23). The highest BCUT2D eigenvalue weighted by Gasteiger charge is 2.21. The molecule has 0 spiro atoms. The molecule has 2 aromatic rings. The van der Waals surface area contributed by atoms with Gasteiger partial charge in [0.2, 0.25) is 0 Å². The fourth-order valence-electron chi connectivity index (χ4n) is 3.15. The topological polar surface area (TPSA) is 74.9 Å². The Balaban J connectivity index is 1.57. The molecule has 0 saturated carbocycles. The van der Waals surface area contributed by atoms with Crippen LogP contribution in [0.15, 0.2) is 53.5 Å². The molecule has 1 aliphatic rings. The molecule has 1 saturated heterocycles. The largest absolute Gasteiger partial charge is 0.506 e. The molecule has 2 N–H and O–H groups in total. The molecule has 0 aliphatic carbocycles. The van der Waals surface area contributed by atoms with Crippen molar-refractivity contribution in [3.05, 3.63) is 59.7 Å². The molecule has 3 rings (SSSR count). The lowest BCUT2D eigenvalue weighted by molar-refractivity contribution is 0.369. The number of phenolic OH excluding ortho intramolecular Hbond substituents is 1. The van der Waals surface area contributed by atoms with Gasteiger partial charge in [-0.25, -0.2) is 0 Å². The number of hydrogen-bond acceptors (Lipinski definition) is 4. The van der Waals surface area contributed by atoms with Crippen LogP contribution in [0.1, 0.15) is 11.1 Å². The van der Waals surface area contributed by atoms with E-state index in [4.69, 9.17) is 5.26 Å². The van der Waals surface area contributed by atoms with Gasteiger partial charge in [0.1, 0.15) is 5.75 Å². The first-order chi connectivity index (χ1) is 12.7. The van der Waals surface area contributed by atoms with Crippen molar-refractivity contribution >= 4 is 11.6 Å². The molecule has 134 valence electrons. The van der Waals surface area contributed by atoms with Crippen LogP contribution >= 0.6 is 0 Å². The SMILES string of the molecule is CN=C(NCc1cccc(C#N)c1)N1CCN(c2ccccc2O)CC1. The van der Waals surface area contributed by atoms with E-state index in [2.05, 4.69) is 26.2 Å². The van der Waals surface area contributed by atoms with Crippen LogP contribution in [0, 0.1) is 11.3 Å². The van der Waals surface area contributed by atoms with E-state index in [9.17, 15) is 5.11 Å². The molecule has 6 heteroatoms. The Hall–Kier alpha value is -3.20. The molecule has 0 atom stereocenters. The van der Waals surface area contributed by atoms with Gasteiger partial charge in [-0.05, 0) is 29.8 Å². The second kappa shape index (κ2) is 8.26. The molecule has 1 heterocycles. The van der Waals surface area contributed by atoms with Crippen molar-refractivity contribution in [1.29, 1.82) is 5.26 Å². The zero-order valence-corrected chi connectivity index (χ0v) is 14.9. The summed E-state index contributed by atoms with van der Waals surface area (Å²) >= 11 is 0. The number of aromatic hydroxyl groups is 1. The quantitative estimate of drug-likeness (QED) is 0.656. The monoisotopic (exact) mass is 349 g/mol. The number of guanidine groups is 1. The highest BCUT2D eigenvalue weighted by Crippen LogP contribution is 2.27. The maximum Gasteiger partial charge on any atom is 0.194 e. The highest BCUT2D eigenvalue weighted by atomic mass is 16.3. The van der Waals surface area contributed by atoms with Crippen LogP contribution in [0.25, 0.3) is 0 Å². The number of anilines is 1. The lowest BCUT2D eigenvalue weighted by Crippen LogP contribution is -2.52. The number of aliphatic imine (C=N–C) groups is 1. The van der Waals surface area contributed by atoms with Crippen LogP contribution in [-0.2, 0) is 6.54 Å². The predicted molar refractivity (Wildman–Crippen MR) is 103 cm³/mol. The van der Waals surface area contributed by atoms with Crippen molar-refractivity contribution in [2.24, 2.45) is 4.99 Å². The number of nitriles is 1. The van der Waals surface area contributed by atoms with Crippen molar-refractivity contribution in [2.75, 3.05) is 38.1 Å². The zero-order valence-electron chi connectivity index (χ0n) is 14.9. The van der Waals surface area contributed by atoms with Crippen molar-refractivity contribution in [3.63, 3.8) is 0 Å². The van der Waals surface area contributed by atoms with Crippen LogP contribution in [0.2, 0.25) is 0 Å². The predicted octanol–water partition coefficient (Wildman–Crippen LogP) is 2.16. The number of benzene rings is 2. The highest BCUT2D eigenvalue weighted by molar-refractivity contribution is 5.80. The number of para-hydroxylation sites is 2. The van der Waals surface area contributed by atoms with Gasteiger partial charge in [0.25, 0.3) is 0 Å². The van der Waals surface area contributed by atoms with E-state index in [-0.39, 0.29) is 0 Å². The summed E-state index contributed by atoms with van der Waals surface area (Å²) in [6.45, 7) is 3.92. The number of hydrogen-bond donors (Lipinski definition) is 2. The average molecular weight is 349 g/mol. The molecule has 2 aromatic carbocycles. The van der Waals surface area contributed by atoms with Gasteiger partial charge in [-0.15, -0.1) is 0 Å². The van der Waals surface area contributed by atoms with E-state index < -0.39 is 0 Å². The number of nitrogens with zero attached hydrogens (tertiary/aromatic N) is 4. The summed E-state index contributed by atoms with van der Waals surface area (Å²) in [5.74, 6) is 1.17. The molecule has 0 bridgehead atoms. The molecular formula is C20H23N5O. The Kier molecular flexibility index (Phi) is 5.59. The Morgan fingerprint density at radius 2 is 1.92 bits per heavy atom. The fourth-order valence-corrected chi connectivity index (χ4v) is 3.15. The molecule has 0 aromatic heterocycles. The Labute approximate surface area is 154 Å². The zero-order chi connectivity index (χ0) is 18.4. The minimum Gasteiger partial charge on any atom is -0.506 e. The average Bonchev–Trinajstić information content (AvgIpc) is 2.69. The van der Waals surface area contributed by atoms with Gasteiger partial charge in [0, 0.05) is 39.8 Å².